The van der Waals surface area contributed by atoms with Gasteiger partial charge in [-0.3, -0.25) is 0 Å². The summed E-state index contributed by atoms with van der Waals surface area (Å²) in [7, 11) is 0. The summed E-state index contributed by atoms with van der Waals surface area (Å²) in [6.07, 6.45) is 2.63. The number of benzene rings is 1. The quantitative estimate of drug-likeness (QED) is 0.881. The summed E-state index contributed by atoms with van der Waals surface area (Å²) in [6.45, 7) is 3.81. The zero-order valence-electron chi connectivity index (χ0n) is 9.84. The molecule has 88 valence electrons. The molecule has 0 aliphatic carbocycles. The molecule has 0 fully saturated rings. The first kappa shape index (κ1) is 11.4. The zero-order chi connectivity index (χ0) is 12.4. The lowest BCUT2D eigenvalue weighted by molar-refractivity contribution is 0.0689. The van der Waals surface area contributed by atoms with Gasteiger partial charge in [-0.2, -0.15) is 5.10 Å². The summed E-state index contributed by atoms with van der Waals surface area (Å²) in [5, 5.41) is 13.1. The molecule has 0 unspecified atom stereocenters. The van der Waals surface area contributed by atoms with Crippen LogP contribution in [0.3, 0.4) is 0 Å². The van der Waals surface area contributed by atoms with E-state index < -0.39 is 5.97 Å². The topological polar surface area (TPSA) is 55.1 Å². The first-order valence-electron chi connectivity index (χ1n) is 5.51. The van der Waals surface area contributed by atoms with Crippen LogP contribution in [0.4, 0.5) is 0 Å². The van der Waals surface area contributed by atoms with Gasteiger partial charge in [0.25, 0.3) is 0 Å². The highest BCUT2D eigenvalue weighted by Crippen LogP contribution is 2.16. The van der Waals surface area contributed by atoms with Crippen LogP contribution in [-0.2, 0) is 6.42 Å². The molecule has 1 N–H and O–H groups in total. The van der Waals surface area contributed by atoms with Crippen molar-refractivity contribution in [2.45, 2.75) is 20.3 Å². The third-order valence-corrected chi connectivity index (χ3v) is 2.72. The second kappa shape index (κ2) is 4.41. The van der Waals surface area contributed by atoms with Gasteiger partial charge < -0.3 is 5.11 Å². The average Bonchev–Trinajstić information content (AvgIpc) is 2.71. The molecule has 0 atom stereocenters. The molecule has 1 heterocycles. The molecule has 4 heteroatoms. The van der Waals surface area contributed by atoms with Crippen molar-refractivity contribution in [3.8, 4) is 5.69 Å². The minimum absolute atomic E-state index is 0.107. The van der Waals surface area contributed by atoms with Crippen molar-refractivity contribution in [2.75, 3.05) is 0 Å². The summed E-state index contributed by atoms with van der Waals surface area (Å²) in [5.74, 6) is -0.991. The van der Waals surface area contributed by atoms with E-state index in [-0.39, 0.29) is 5.69 Å². The number of carboxylic acid groups (broad SMARTS) is 1. The number of aromatic carboxylic acids is 1. The lowest BCUT2D eigenvalue weighted by atomic mass is 10.1. The molecule has 0 amide bonds. The van der Waals surface area contributed by atoms with Crippen molar-refractivity contribution in [2.24, 2.45) is 0 Å². The molecule has 17 heavy (non-hydrogen) atoms. The standard InChI is InChI=1S/C13H14N2O2/c1-3-10-6-4-5-7-11(10)15-8-9(2)12(14-15)13(16)17/h4-8H,3H2,1-2H3,(H,16,17). The molecule has 2 aromatic rings. The summed E-state index contributed by atoms with van der Waals surface area (Å²) >= 11 is 0. The Hall–Kier alpha value is -2.10. The van der Waals surface area contributed by atoms with E-state index in [0.29, 0.717) is 5.56 Å². The Kier molecular flexibility index (Phi) is 2.95. The van der Waals surface area contributed by atoms with E-state index in [1.807, 2.05) is 24.3 Å². The lowest BCUT2D eigenvalue weighted by Gasteiger charge is -2.06. The van der Waals surface area contributed by atoms with Gasteiger partial charge in [0.15, 0.2) is 5.69 Å². The molecule has 0 spiro atoms. The van der Waals surface area contributed by atoms with Gasteiger partial charge in [-0.1, -0.05) is 25.1 Å². The van der Waals surface area contributed by atoms with E-state index in [0.717, 1.165) is 17.7 Å². The third-order valence-electron chi connectivity index (χ3n) is 2.72. The summed E-state index contributed by atoms with van der Waals surface area (Å²) in [6, 6.07) is 7.85. The van der Waals surface area contributed by atoms with Crippen LogP contribution in [0.2, 0.25) is 0 Å². The Morgan fingerprint density at radius 2 is 2.12 bits per heavy atom. The Labute approximate surface area is 99.5 Å². The lowest BCUT2D eigenvalue weighted by Crippen LogP contribution is -2.03. The fraction of sp³-hybridized carbons (Fsp3) is 0.231. The predicted octanol–water partition coefficient (Wildman–Crippen LogP) is 2.44. The van der Waals surface area contributed by atoms with Gasteiger partial charge in [-0.25, -0.2) is 9.48 Å². The molecule has 0 saturated heterocycles. The van der Waals surface area contributed by atoms with Gasteiger partial charge in [0.05, 0.1) is 5.69 Å². The van der Waals surface area contributed by atoms with Crippen LogP contribution in [0.25, 0.3) is 5.69 Å². The minimum atomic E-state index is -0.991. The first-order valence-corrected chi connectivity index (χ1v) is 5.51. The number of carbonyl (C=O) groups is 1. The molecule has 1 aromatic carbocycles. The van der Waals surface area contributed by atoms with Crippen LogP contribution >= 0.6 is 0 Å². The molecule has 0 saturated carbocycles. The fourth-order valence-corrected chi connectivity index (χ4v) is 1.83. The second-order valence-electron chi connectivity index (χ2n) is 3.89. The monoisotopic (exact) mass is 230 g/mol. The van der Waals surface area contributed by atoms with E-state index in [2.05, 4.69) is 12.0 Å². The van der Waals surface area contributed by atoms with E-state index >= 15 is 0 Å². The van der Waals surface area contributed by atoms with E-state index in [4.69, 9.17) is 5.11 Å². The number of aryl methyl sites for hydroxylation is 2. The van der Waals surface area contributed by atoms with Crippen LogP contribution in [0.1, 0.15) is 28.5 Å². The molecule has 0 aliphatic rings. The Morgan fingerprint density at radius 3 is 2.71 bits per heavy atom. The highest BCUT2D eigenvalue weighted by Gasteiger charge is 2.13. The first-order chi connectivity index (χ1) is 8.13. The van der Waals surface area contributed by atoms with Gasteiger partial charge in [0.2, 0.25) is 0 Å². The van der Waals surface area contributed by atoms with Crippen LogP contribution in [0.15, 0.2) is 30.5 Å². The molecule has 4 nitrogen and oxygen atoms in total. The number of hydrogen-bond acceptors (Lipinski definition) is 2. The van der Waals surface area contributed by atoms with Crippen molar-refractivity contribution in [3.05, 3.63) is 47.3 Å². The smallest absolute Gasteiger partial charge is 0.356 e. The molecule has 0 bridgehead atoms. The van der Waals surface area contributed by atoms with Crippen molar-refractivity contribution in [1.29, 1.82) is 0 Å². The number of para-hydroxylation sites is 1. The highest BCUT2D eigenvalue weighted by atomic mass is 16.4. The normalized spacial score (nSPS) is 10.5. The van der Waals surface area contributed by atoms with E-state index in [1.165, 1.54) is 0 Å². The van der Waals surface area contributed by atoms with Gasteiger partial charge in [0.1, 0.15) is 0 Å². The summed E-state index contributed by atoms with van der Waals surface area (Å²) in [5.41, 5.74) is 2.86. The highest BCUT2D eigenvalue weighted by molar-refractivity contribution is 5.86. The summed E-state index contributed by atoms with van der Waals surface area (Å²) < 4.78 is 1.64. The largest absolute Gasteiger partial charge is 0.476 e. The Bertz CT molecular complexity index is 558. The molecule has 0 aliphatic heterocycles. The van der Waals surface area contributed by atoms with Crippen molar-refractivity contribution >= 4 is 5.97 Å². The molecule has 2 rings (SSSR count). The van der Waals surface area contributed by atoms with Crippen molar-refractivity contribution < 1.29 is 9.90 Å². The number of carboxylic acids is 1. The van der Waals surface area contributed by atoms with Gasteiger partial charge >= 0.3 is 5.97 Å². The van der Waals surface area contributed by atoms with Crippen molar-refractivity contribution in [3.63, 3.8) is 0 Å². The maximum atomic E-state index is 10.9. The minimum Gasteiger partial charge on any atom is -0.476 e. The Morgan fingerprint density at radius 1 is 1.41 bits per heavy atom. The van der Waals surface area contributed by atoms with E-state index in [9.17, 15) is 4.79 Å². The fourth-order valence-electron chi connectivity index (χ4n) is 1.83. The third kappa shape index (κ3) is 2.06. The number of aromatic nitrogens is 2. The van der Waals surface area contributed by atoms with Gasteiger partial charge in [-0.15, -0.1) is 0 Å². The molecule has 0 radical (unpaired) electrons. The van der Waals surface area contributed by atoms with E-state index in [1.54, 1.807) is 17.8 Å². The zero-order valence-corrected chi connectivity index (χ0v) is 9.84. The van der Waals surface area contributed by atoms with Gasteiger partial charge in [-0.05, 0) is 25.0 Å². The number of rotatable bonds is 3. The van der Waals surface area contributed by atoms with Crippen LogP contribution in [-0.4, -0.2) is 20.9 Å². The maximum absolute atomic E-state index is 10.9. The van der Waals surface area contributed by atoms with Crippen LogP contribution in [0.5, 0.6) is 0 Å². The van der Waals surface area contributed by atoms with Crippen LogP contribution < -0.4 is 0 Å². The molecular formula is C13H14N2O2. The maximum Gasteiger partial charge on any atom is 0.356 e. The number of hydrogen-bond donors (Lipinski definition) is 1. The average molecular weight is 230 g/mol. The second-order valence-corrected chi connectivity index (χ2v) is 3.89. The predicted molar refractivity (Wildman–Crippen MR) is 64.6 cm³/mol. The van der Waals surface area contributed by atoms with Crippen LogP contribution in [0, 0.1) is 6.92 Å². The molecular weight excluding hydrogens is 216 g/mol. The summed E-state index contributed by atoms with van der Waals surface area (Å²) in [4.78, 5) is 10.9. The Balaban J connectivity index is 2.53. The SMILES string of the molecule is CCc1ccccc1-n1cc(C)c(C(=O)O)n1. The van der Waals surface area contributed by atoms with Crippen molar-refractivity contribution in [1.82, 2.24) is 9.78 Å². The van der Waals surface area contributed by atoms with Gasteiger partial charge in [0, 0.05) is 11.8 Å². The molecule has 1 aromatic heterocycles. The number of nitrogens with zero attached hydrogens (tertiary/aromatic N) is 2.